The Morgan fingerprint density at radius 2 is 2.43 bits per heavy atom. The van der Waals surface area contributed by atoms with Crippen LogP contribution in [0.5, 0.6) is 0 Å². The molecule has 0 saturated carbocycles. The zero-order chi connectivity index (χ0) is 9.97. The van der Waals surface area contributed by atoms with Crippen LogP contribution in [0.4, 0.5) is 5.95 Å². The maximum atomic E-state index is 5.56. The summed E-state index contributed by atoms with van der Waals surface area (Å²) < 4.78 is 0. The molecule has 0 amide bonds. The van der Waals surface area contributed by atoms with E-state index in [0.717, 1.165) is 12.2 Å². The molecule has 1 fully saturated rings. The van der Waals surface area contributed by atoms with Crippen molar-refractivity contribution in [1.29, 1.82) is 0 Å². The molecule has 2 rings (SSSR count). The highest BCUT2D eigenvalue weighted by Gasteiger charge is 2.19. The number of hydrogen-bond acceptors (Lipinski definition) is 4. The van der Waals surface area contributed by atoms with Gasteiger partial charge in [0.2, 0.25) is 5.95 Å². The minimum Gasteiger partial charge on any atom is -0.368 e. The summed E-state index contributed by atoms with van der Waals surface area (Å²) in [7, 11) is 2.15. The fourth-order valence-electron chi connectivity index (χ4n) is 2.02. The highest BCUT2D eigenvalue weighted by Crippen LogP contribution is 2.24. The lowest BCUT2D eigenvalue weighted by molar-refractivity contribution is 0.248. The summed E-state index contributed by atoms with van der Waals surface area (Å²) in [5.74, 6) is 0.912. The van der Waals surface area contributed by atoms with Gasteiger partial charge in [-0.15, -0.1) is 0 Å². The number of anilines is 1. The number of rotatable bonds is 1. The highest BCUT2D eigenvalue weighted by atomic mass is 15.1. The Balaban J connectivity index is 2.14. The van der Waals surface area contributed by atoms with Crippen molar-refractivity contribution < 1.29 is 0 Å². The number of nitrogens with zero attached hydrogens (tertiary/aromatic N) is 3. The first-order chi connectivity index (χ1) is 6.75. The topological polar surface area (TPSA) is 55.0 Å². The SMILES string of the molecule is CN1CCCC(c2ccnc(N)n2)C1. The number of nitrogens with two attached hydrogens (primary N) is 1. The zero-order valence-electron chi connectivity index (χ0n) is 8.48. The van der Waals surface area contributed by atoms with Crippen molar-refractivity contribution in [2.45, 2.75) is 18.8 Å². The molecule has 1 aromatic rings. The summed E-state index contributed by atoms with van der Waals surface area (Å²) in [6.45, 7) is 2.27. The van der Waals surface area contributed by atoms with Gasteiger partial charge in [0.1, 0.15) is 0 Å². The molecule has 14 heavy (non-hydrogen) atoms. The third-order valence-electron chi connectivity index (χ3n) is 2.74. The van der Waals surface area contributed by atoms with Crippen molar-refractivity contribution in [1.82, 2.24) is 14.9 Å². The van der Waals surface area contributed by atoms with Gasteiger partial charge in [0, 0.05) is 18.7 Å². The van der Waals surface area contributed by atoms with Crippen molar-refractivity contribution in [2.75, 3.05) is 25.9 Å². The average Bonchev–Trinajstić information content (AvgIpc) is 2.18. The van der Waals surface area contributed by atoms with Crippen molar-refractivity contribution in [3.05, 3.63) is 18.0 Å². The van der Waals surface area contributed by atoms with Crippen LogP contribution in [0.15, 0.2) is 12.3 Å². The molecule has 1 aliphatic rings. The lowest BCUT2D eigenvalue weighted by Crippen LogP contribution is -2.31. The van der Waals surface area contributed by atoms with E-state index in [1.54, 1.807) is 6.20 Å². The molecule has 0 radical (unpaired) electrons. The molecular weight excluding hydrogens is 176 g/mol. The lowest BCUT2D eigenvalue weighted by atomic mass is 9.95. The Bertz CT molecular complexity index is 313. The molecule has 0 aliphatic carbocycles. The van der Waals surface area contributed by atoms with Crippen LogP contribution >= 0.6 is 0 Å². The second kappa shape index (κ2) is 3.92. The Hall–Kier alpha value is -1.16. The first kappa shape index (κ1) is 9.40. The number of aromatic nitrogens is 2. The Morgan fingerprint density at radius 3 is 3.14 bits per heavy atom. The van der Waals surface area contributed by atoms with Crippen LogP contribution in [0.2, 0.25) is 0 Å². The number of piperidine rings is 1. The number of hydrogen-bond donors (Lipinski definition) is 1. The van der Waals surface area contributed by atoms with Gasteiger partial charge in [0.15, 0.2) is 0 Å². The second-order valence-corrected chi connectivity index (χ2v) is 3.94. The first-order valence-electron chi connectivity index (χ1n) is 5.02. The molecule has 1 aromatic heterocycles. The third-order valence-corrected chi connectivity index (χ3v) is 2.74. The van der Waals surface area contributed by atoms with Crippen LogP contribution in [-0.4, -0.2) is 35.0 Å². The molecular formula is C10H16N4. The summed E-state index contributed by atoms with van der Waals surface area (Å²) in [6, 6.07) is 1.97. The predicted molar refractivity (Wildman–Crippen MR) is 55.9 cm³/mol. The van der Waals surface area contributed by atoms with Gasteiger partial charge >= 0.3 is 0 Å². The third kappa shape index (κ3) is 2.01. The van der Waals surface area contributed by atoms with Crippen molar-refractivity contribution >= 4 is 5.95 Å². The maximum absolute atomic E-state index is 5.56. The van der Waals surface area contributed by atoms with E-state index in [4.69, 9.17) is 5.73 Å². The molecule has 76 valence electrons. The Morgan fingerprint density at radius 1 is 1.57 bits per heavy atom. The predicted octanol–water partition coefficient (Wildman–Crippen LogP) is 0.868. The van der Waals surface area contributed by atoms with E-state index in [1.165, 1.54) is 19.4 Å². The molecule has 1 unspecified atom stereocenters. The monoisotopic (exact) mass is 192 g/mol. The molecule has 4 heteroatoms. The summed E-state index contributed by atoms with van der Waals surface area (Å²) >= 11 is 0. The zero-order valence-corrected chi connectivity index (χ0v) is 8.48. The van der Waals surface area contributed by atoms with Crippen molar-refractivity contribution in [3.8, 4) is 0 Å². The highest BCUT2D eigenvalue weighted by molar-refractivity contribution is 5.20. The number of likely N-dealkylation sites (N-methyl/N-ethyl adjacent to an activating group) is 1. The number of nitrogen functional groups attached to an aromatic ring is 1. The van der Waals surface area contributed by atoms with Crippen LogP contribution in [-0.2, 0) is 0 Å². The molecule has 0 bridgehead atoms. The summed E-state index contributed by atoms with van der Waals surface area (Å²) in [6.07, 6.45) is 4.19. The van der Waals surface area contributed by atoms with Gasteiger partial charge in [-0.25, -0.2) is 9.97 Å². The van der Waals surface area contributed by atoms with Gasteiger partial charge in [-0.2, -0.15) is 0 Å². The minimum atomic E-state index is 0.385. The molecule has 1 aliphatic heterocycles. The lowest BCUT2D eigenvalue weighted by Gasteiger charge is -2.29. The van der Waals surface area contributed by atoms with Gasteiger partial charge in [-0.3, -0.25) is 0 Å². The van der Waals surface area contributed by atoms with Crippen LogP contribution in [0.3, 0.4) is 0 Å². The van der Waals surface area contributed by atoms with Crippen LogP contribution in [0.1, 0.15) is 24.5 Å². The van der Waals surface area contributed by atoms with E-state index in [0.29, 0.717) is 11.9 Å². The standard InChI is InChI=1S/C10H16N4/c1-14-6-2-3-8(7-14)9-4-5-12-10(11)13-9/h4-5,8H,2-3,6-7H2,1H3,(H2,11,12,13). The largest absolute Gasteiger partial charge is 0.368 e. The Labute approximate surface area is 84.2 Å². The van der Waals surface area contributed by atoms with Gasteiger partial charge in [-0.1, -0.05) is 0 Å². The first-order valence-corrected chi connectivity index (χ1v) is 5.02. The molecule has 2 N–H and O–H groups in total. The summed E-state index contributed by atoms with van der Waals surface area (Å²) in [5, 5.41) is 0. The average molecular weight is 192 g/mol. The van der Waals surface area contributed by atoms with E-state index < -0.39 is 0 Å². The van der Waals surface area contributed by atoms with Crippen LogP contribution in [0.25, 0.3) is 0 Å². The molecule has 4 nitrogen and oxygen atoms in total. The van der Waals surface area contributed by atoms with Gasteiger partial charge in [0.05, 0.1) is 5.69 Å². The number of likely N-dealkylation sites (tertiary alicyclic amines) is 1. The van der Waals surface area contributed by atoms with Gasteiger partial charge in [-0.05, 0) is 32.5 Å². The Kier molecular flexibility index (Phi) is 2.63. The van der Waals surface area contributed by atoms with E-state index >= 15 is 0 Å². The molecule has 2 heterocycles. The van der Waals surface area contributed by atoms with E-state index in [2.05, 4.69) is 21.9 Å². The van der Waals surface area contributed by atoms with E-state index in [-0.39, 0.29) is 0 Å². The molecule has 0 spiro atoms. The van der Waals surface area contributed by atoms with Crippen molar-refractivity contribution in [3.63, 3.8) is 0 Å². The molecule has 1 atom stereocenters. The smallest absolute Gasteiger partial charge is 0.220 e. The normalized spacial score (nSPS) is 23.6. The van der Waals surface area contributed by atoms with Crippen LogP contribution in [0, 0.1) is 0 Å². The van der Waals surface area contributed by atoms with Crippen LogP contribution < -0.4 is 5.73 Å². The van der Waals surface area contributed by atoms with Gasteiger partial charge < -0.3 is 10.6 Å². The van der Waals surface area contributed by atoms with E-state index in [1.807, 2.05) is 6.07 Å². The molecule has 0 aromatic carbocycles. The summed E-state index contributed by atoms with van der Waals surface area (Å²) in [4.78, 5) is 10.5. The fraction of sp³-hybridized carbons (Fsp3) is 0.600. The quantitative estimate of drug-likeness (QED) is 0.717. The molecule has 1 saturated heterocycles. The minimum absolute atomic E-state index is 0.385. The second-order valence-electron chi connectivity index (χ2n) is 3.94. The fourth-order valence-corrected chi connectivity index (χ4v) is 2.02. The summed E-state index contributed by atoms with van der Waals surface area (Å²) in [5.41, 5.74) is 6.65. The van der Waals surface area contributed by atoms with E-state index in [9.17, 15) is 0 Å². The van der Waals surface area contributed by atoms with Crippen molar-refractivity contribution in [2.24, 2.45) is 0 Å². The van der Waals surface area contributed by atoms with Gasteiger partial charge in [0.25, 0.3) is 0 Å². The maximum Gasteiger partial charge on any atom is 0.220 e.